The zero-order valence-corrected chi connectivity index (χ0v) is 14.3. The van der Waals surface area contributed by atoms with Gasteiger partial charge in [0.1, 0.15) is 5.78 Å². The van der Waals surface area contributed by atoms with Gasteiger partial charge in [-0.05, 0) is 39.5 Å². The third kappa shape index (κ3) is 12.2. The van der Waals surface area contributed by atoms with Crippen molar-refractivity contribution in [3.05, 3.63) is 23.8 Å². The van der Waals surface area contributed by atoms with E-state index in [0.717, 1.165) is 32.1 Å². The summed E-state index contributed by atoms with van der Waals surface area (Å²) in [5, 5.41) is 8.86. The molecule has 0 radical (unpaired) electrons. The zero-order valence-electron chi connectivity index (χ0n) is 14.3. The number of Topliss-reactive ketones (excluding diaryl/α,β-unsaturated/α-hetero) is 1. The second-order valence-corrected chi connectivity index (χ2v) is 4.95. The Balaban J connectivity index is 0. The van der Waals surface area contributed by atoms with E-state index in [-0.39, 0.29) is 17.8 Å². The van der Waals surface area contributed by atoms with Crippen molar-refractivity contribution in [3.8, 4) is 0 Å². The fourth-order valence-corrected chi connectivity index (χ4v) is 1.80. The fraction of sp³-hybridized carbons (Fsp3) is 0.722. The van der Waals surface area contributed by atoms with E-state index in [4.69, 9.17) is 5.11 Å². The van der Waals surface area contributed by atoms with E-state index in [1.54, 1.807) is 6.92 Å². The topological polar surface area (TPSA) is 37.3 Å². The molecule has 0 saturated heterocycles. The van der Waals surface area contributed by atoms with Crippen LogP contribution < -0.4 is 0 Å². The van der Waals surface area contributed by atoms with Gasteiger partial charge in [0.25, 0.3) is 0 Å². The molecular weight excluding hydrogens is 248 g/mol. The average molecular weight is 282 g/mol. The van der Waals surface area contributed by atoms with E-state index < -0.39 is 0 Å². The van der Waals surface area contributed by atoms with E-state index in [1.165, 1.54) is 5.57 Å². The van der Waals surface area contributed by atoms with E-state index in [2.05, 4.69) is 19.9 Å². The van der Waals surface area contributed by atoms with Crippen molar-refractivity contribution in [3.63, 3.8) is 0 Å². The van der Waals surface area contributed by atoms with Crippen LogP contribution >= 0.6 is 0 Å². The second kappa shape index (κ2) is 14.5. The van der Waals surface area contributed by atoms with Gasteiger partial charge < -0.3 is 5.11 Å². The molecule has 2 atom stereocenters. The number of aliphatic hydroxyl groups is 1. The van der Waals surface area contributed by atoms with Crippen LogP contribution in [0.25, 0.3) is 0 Å². The van der Waals surface area contributed by atoms with E-state index in [0.29, 0.717) is 0 Å². The molecule has 0 fully saturated rings. The van der Waals surface area contributed by atoms with Crippen LogP contribution in [0.2, 0.25) is 0 Å². The SMILES string of the molecule is CC.CC(=O)C1C=CC(C)=CCC1.CCCC(O)CC. The van der Waals surface area contributed by atoms with Crippen molar-refractivity contribution in [2.75, 3.05) is 0 Å². The third-order valence-electron chi connectivity index (χ3n) is 3.15. The molecular formula is C18H34O2. The summed E-state index contributed by atoms with van der Waals surface area (Å²) < 4.78 is 0. The lowest BCUT2D eigenvalue weighted by Crippen LogP contribution is -2.06. The van der Waals surface area contributed by atoms with Crippen LogP contribution in [0.15, 0.2) is 23.8 Å². The van der Waals surface area contributed by atoms with Crippen molar-refractivity contribution >= 4 is 5.78 Å². The average Bonchev–Trinajstić information content (AvgIpc) is 2.67. The maximum atomic E-state index is 11.0. The highest BCUT2D eigenvalue weighted by Crippen LogP contribution is 2.16. The number of hydrogen-bond acceptors (Lipinski definition) is 2. The highest BCUT2D eigenvalue weighted by atomic mass is 16.3. The number of carbonyl (C=O) groups is 1. The van der Waals surface area contributed by atoms with Crippen LogP contribution in [0.1, 0.15) is 73.6 Å². The maximum absolute atomic E-state index is 11.0. The number of allylic oxidation sites excluding steroid dienone is 4. The van der Waals surface area contributed by atoms with Crippen molar-refractivity contribution in [2.24, 2.45) is 5.92 Å². The first-order valence-electron chi connectivity index (χ1n) is 8.04. The van der Waals surface area contributed by atoms with Crippen LogP contribution in [0.3, 0.4) is 0 Å². The Hall–Kier alpha value is -0.890. The lowest BCUT2D eigenvalue weighted by atomic mass is 10.0. The number of rotatable bonds is 4. The summed E-state index contributed by atoms with van der Waals surface area (Å²) in [4.78, 5) is 11.0. The molecule has 0 aromatic heterocycles. The number of hydrogen-bond donors (Lipinski definition) is 1. The molecule has 2 heteroatoms. The third-order valence-corrected chi connectivity index (χ3v) is 3.15. The quantitative estimate of drug-likeness (QED) is 0.781. The highest BCUT2D eigenvalue weighted by molar-refractivity contribution is 5.80. The summed E-state index contributed by atoms with van der Waals surface area (Å²) >= 11 is 0. The molecule has 0 aromatic rings. The molecule has 20 heavy (non-hydrogen) atoms. The summed E-state index contributed by atoms with van der Waals surface area (Å²) in [7, 11) is 0. The Labute approximate surface area is 126 Å². The van der Waals surface area contributed by atoms with Gasteiger partial charge in [-0.15, -0.1) is 0 Å². The number of carbonyl (C=O) groups excluding carboxylic acids is 1. The second-order valence-electron chi connectivity index (χ2n) is 4.95. The predicted molar refractivity (Wildman–Crippen MR) is 88.9 cm³/mol. The standard InChI is InChI=1S/C10H14O.C6H14O.C2H6/c1-8-4-3-5-10(7-6-8)9(2)11;1-3-5-6(7)4-2;1-2/h4,6-7,10H,3,5H2,1-2H3;6-7H,3-5H2,1-2H3;1-2H3. The van der Waals surface area contributed by atoms with Crippen LogP contribution in [-0.4, -0.2) is 17.0 Å². The van der Waals surface area contributed by atoms with Gasteiger partial charge in [-0.2, -0.15) is 0 Å². The first kappa shape index (κ1) is 21.4. The summed E-state index contributed by atoms with van der Waals surface area (Å²) in [5.74, 6) is 0.438. The van der Waals surface area contributed by atoms with E-state index in [1.807, 2.05) is 32.9 Å². The van der Waals surface area contributed by atoms with Gasteiger partial charge in [0, 0.05) is 5.92 Å². The van der Waals surface area contributed by atoms with Crippen LogP contribution in [-0.2, 0) is 4.79 Å². The van der Waals surface area contributed by atoms with Gasteiger partial charge in [0.05, 0.1) is 6.10 Å². The highest BCUT2D eigenvalue weighted by Gasteiger charge is 2.10. The van der Waals surface area contributed by atoms with Crippen molar-refractivity contribution in [1.82, 2.24) is 0 Å². The number of ketones is 1. The van der Waals surface area contributed by atoms with Gasteiger partial charge in [-0.25, -0.2) is 0 Å². The molecule has 2 nitrogen and oxygen atoms in total. The van der Waals surface area contributed by atoms with Crippen molar-refractivity contribution in [1.29, 1.82) is 0 Å². The van der Waals surface area contributed by atoms with Gasteiger partial charge in [0.15, 0.2) is 0 Å². The van der Waals surface area contributed by atoms with E-state index >= 15 is 0 Å². The lowest BCUT2D eigenvalue weighted by molar-refractivity contribution is -0.119. The van der Waals surface area contributed by atoms with Crippen LogP contribution in [0.5, 0.6) is 0 Å². The minimum atomic E-state index is -0.0509. The van der Waals surface area contributed by atoms with Crippen LogP contribution in [0, 0.1) is 5.92 Å². The normalized spacial score (nSPS) is 18.6. The predicted octanol–water partition coefficient (Wildman–Crippen LogP) is 5.07. The largest absolute Gasteiger partial charge is 0.393 e. The Morgan fingerprint density at radius 1 is 1.40 bits per heavy atom. The summed E-state index contributed by atoms with van der Waals surface area (Å²) in [6.45, 7) is 11.8. The molecule has 0 aromatic carbocycles. The van der Waals surface area contributed by atoms with Crippen molar-refractivity contribution in [2.45, 2.75) is 79.8 Å². The molecule has 0 saturated carbocycles. The number of aliphatic hydroxyl groups excluding tert-OH is 1. The van der Waals surface area contributed by atoms with Gasteiger partial charge >= 0.3 is 0 Å². The molecule has 1 aliphatic rings. The van der Waals surface area contributed by atoms with Gasteiger partial charge in [-0.3, -0.25) is 4.79 Å². The Kier molecular flexibility index (Phi) is 15.5. The Bertz CT molecular complexity index is 290. The first-order valence-corrected chi connectivity index (χ1v) is 8.04. The van der Waals surface area contributed by atoms with Crippen LogP contribution in [0.4, 0.5) is 0 Å². The molecule has 1 aliphatic carbocycles. The zero-order chi connectivity index (χ0) is 16.0. The Morgan fingerprint density at radius 3 is 2.40 bits per heavy atom. The molecule has 0 aliphatic heterocycles. The molecule has 0 bridgehead atoms. The van der Waals surface area contributed by atoms with Crippen molar-refractivity contribution < 1.29 is 9.90 Å². The van der Waals surface area contributed by atoms with E-state index in [9.17, 15) is 4.79 Å². The lowest BCUT2D eigenvalue weighted by Gasteiger charge is -2.03. The summed E-state index contributed by atoms with van der Waals surface area (Å²) in [5.41, 5.74) is 1.27. The Morgan fingerprint density at radius 2 is 2.00 bits per heavy atom. The molecule has 0 amide bonds. The summed E-state index contributed by atoms with van der Waals surface area (Å²) in [6, 6.07) is 0. The molecule has 1 N–H and O–H groups in total. The minimum Gasteiger partial charge on any atom is -0.393 e. The molecule has 2 unspecified atom stereocenters. The van der Waals surface area contributed by atoms with Gasteiger partial charge in [0.2, 0.25) is 0 Å². The smallest absolute Gasteiger partial charge is 0.136 e. The molecule has 118 valence electrons. The first-order chi connectivity index (χ1) is 9.51. The van der Waals surface area contributed by atoms with Gasteiger partial charge in [-0.1, -0.05) is 57.9 Å². The minimum absolute atomic E-state index is 0.0509. The molecule has 0 spiro atoms. The maximum Gasteiger partial charge on any atom is 0.136 e. The summed E-state index contributed by atoms with van der Waals surface area (Å²) in [6.07, 6.45) is 11.1. The fourth-order valence-electron chi connectivity index (χ4n) is 1.80. The molecule has 1 rings (SSSR count). The molecule has 0 heterocycles. The monoisotopic (exact) mass is 282 g/mol.